The summed E-state index contributed by atoms with van der Waals surface area (Å²) in [6, 6.07) is 12.8. The number of carbonyl (C=O) groups is 2. The summed E-state index contributed by atoms with van der Waals surface area (Å²) in [7, 11) is 3.25. The highest BCUT2D eigenvalue weighted by atomic mass is 16.5. The van der Waals surface area contributed by atoms with Crippen LogP contribution < -0.4 is 20.1 Å². The number of rotatable bonds is 11. The fraction of sp³-hybridized carbons (Fsp3) is 0.481. The minimum atomic E-state index is -0.372. The lowest BCUT2D eigenvalue weighted by Gasteiger charge is -2.22. The van der Waals surface area contributed by atoms with Crippen molar-refractivity contribution >= 4 is 17.5 Å². The molecule has 1 atom stereocenters. The van der Waals surface area contributed by atoms with Crippen molar-refractivity contribution in [1.82, 2.24) is 5.32 Å². The second-order valence-electron chi connectivity index (χ2n) is 9.30. The molecule has 2 amide bonds. The van der Waals surface area contributed by atoms with E-state index in [2.05, 4.69) is 17.6 Å². The van der Waals surface area contributed by atoms with Gasteiger partial charge in [0, 0.05) is 18.0 Å². The fourth-order valence-corrected chi connectivity index (χ4v) is 3.79. The third kappa shape index (κ3) is 8.12. The average Bonchev–Trinajstić information content (AvgIpc) is 2.77. The van der Waals surface area contributed by atoms with Crippen molar-refractivity contribution < 1.29 is 19.1 Å². The van der Waals surface area contributed by atoms with Gasteiger partial charge in [0.15, 0.2) is 0 Å². The molecule has 2 aromatic rings. The van der Waals surface area contributed by atoms with Crippen molar-refractivity contribution in [3.05, 3.63) is 53.6 Å². The molecule has 0 radical (unpaired) electrons. The van der Waals surface area contributed by atoms with Gasteiger partial charge in [0.1, 0.15) is 11.5 Å². The van der Waals surface area contributed by atoms with Crippen LogP contribution in [0.4, 0.5) is 5.69 Å². The molecule has 6 heteroatoms. The molecule has 0 aliphatic carbocycles. The zero-order chi connectivity index (χ0) is 24.4. The third-order valence-corrected chi connectivity index (χ3v) is 5.40. The van der Waals surface area contributed by atoms with Gasteiger partial charge in [-0.25, -0.2) is 0 Å². The van der Waals surface area contributed by atoms with E-state index in [0.717, 1.165) is 31.2 Å². The first-order valence-corrected chi connectivity index (χ1v) is 11.6. The monoisotopic (exact) mass is 454 g/mol. The smallest absolute Gasteiger partial charge is 0.253 e. The van der Waals surface area contributed by atoms with Crippen LogP contribution in [-0.2, 0) is 4.79 Å². The van der Waals surface area contributed by atoms with E-state index in [0.29, 0.717) is 29.2 Å². The zero-order valence-corrected chi connectivity index (χ0v) is 20.8. The molecule has 0 aromatic heterocycles. The molecule has 0 saturated carbocycles. The van der Waals surface area contributed by atoms with E-state index < -0.39 is 0 Å². The van der Waals surface area contributed by atoms with Crippen molar-refractivity contribution in [3.8, 4) is 11.5 Å². The van der Waals surface area contributed by atoms with Crippen LogP contribution in [0.1, 0.15) is 81.6 Å². The van der Waals surface area contributed by atoms with E-state index in [1.165, 1.54) is 0 Å². The summed E-state index contributed by atoms with van der Waals surface area (Å²) in [6.45, 7) is 7.94. The van der Waals surface area contributed by atoms with Crippen LogP contribution >= 0.6 is 0 Å². The maximum atomic E-state index is 13.1. The lowest BCUT2D eigenvalue weighted by molar-refractivity contribution is -0.116. The van der Waals surface area contributed by atoms with Gasteiger partial charge in [0.2, 0.25) is 5.91 Å². The summed E-state index contributed by atoms with van der Waals surface area (Å²) in [5.74, 6) is 1.08. The van der Waals surface area contributed by atoms with E-state index >= 15 is 0 Å². The third-order valence-electron chi connectivity index (χ3n) is 5.40. The van der Waals surface area contributed by atoms with Crippen LogP contribution in [0.2, 0.25) is 0 Å². The predicted molar refractivity (Wildman–Crippen MR) is 133 cm³/mol. The molecule has 1 unspecified atom stereocenters. The standard InChI is InChI=1S/C27H38N2O4/c1-7-8-9-12-19(21-16-15-20(32-5)18-24(21)33-6)17-25(30)28-23-14-11-10-13-22(23)26(31)29-27(2,3)4/h10-11,13-16,18-19H,7-9,12,17H2,1-6H3,(H,28,30)(H,29,31). The molecule has 0 heterocycles. The Hall–Kier alpha value is -3.02. The van der Waals surface area contributed by atoms with Gasteiger partial charge in [-0.05, 0) is 56.9 Å². The SMILES string of the molecule is CCCCCC(CC(=O)Nc1ccccc1C(=O)NC(C)(C)C)c1ccc(OC)cc1OC. The highest BCUT2D eigenvalue weighted by Gasteiger charge is 2.22. The van der Waals surface area contributed by atoms with Gasteiger partial charge in [0.05, 0.1) is 25.5 Å². The van der Waals surface area contributed by atoms with Gasteiger partial charge in [-0.15, -0.1) is 0 Å². The number of ether oxygens (including phenoxy) is 2. The minimum Gasteiger partial charge on any atom is -0.497 e. The normalized spacial score (nSPS) is 12.1. The molecule has 0 aliphatic heterocycles. The first kappa shape index (κ1) is 26.2. The molecule has 0 fully saturated rings. The van der Waals surface area contributed by atoms with E-state index in [1.54, 1.807) is 32.4 Å². The number of methoxy groups -OCH3 is 2. The Bertz CT molecular complexity index is 934. The van der Waals surface area contributed by atoms with Crippen LogP contribution in [0, 0.1) is 0 Å². The van der Waals surface area contributed by atoms with Crippen molar-refractivity contribution in [2.24, 2.45) is 0 Å². The second kappa shape index (κ2) is 12.3. The number of benzene rings is 2. The molecule has 180 valence electrons. The van der Waals surface area contributed by atoms with Gasteiger partial charge < -0.3 is 20.1 Å². The Kier molecular flexibility index (Phi) is 9.76. The summed E-state index contributed by atoms with van der Waals surface area (Å²) in [6.07, 6.45) is 4.40. The number of amides is 2. The lowest BCUT2D eigenvalue weighted by Crippen LogP contribution is -2.40. The number of hydrogen-bond acceptors (Lipinski definition) is 4. The fourth-order valence-electron chi connectivity index (χ4n) is 3.79. The van der Waals surface area contributed by atoms with Crippen LogP contribution in [0.3, 0.4) is 0 Å². The Morgan fingerprint density at radius 3 is 2.36 bits per heavy atom. The number of anilines is 1. The number of unbranched alkanes of at least 4 members (excludes halogenated alkanes) is 2. The van der Waals surface area contributed by atoms with E-state index in [4.69, 9.17) is 9.47 Å². The quantitative estimate of drug-likeness (QED) is 0.413. The van der Waals surface area contributed by atoms with Crippen molar-refractivity contribution in [2.45, 2.75) is 71.3 Å². The maximum absolute atomic E-state index is 13.1. The summed E-state index contributed by atoms with van der Waals surface area (Å²) in [5.41, 5.74) is 1.58. The highest BCUT2D eigenvalue weighted by molar-refractivity contribution is 6.04. The van der Waals surface area contributed by atoms with Crippen LogP contribution in [-0.4, -0.2) is 31.6 Å². The van der Waals surface area contributed by atoms with E-state index in [1.807, 2.05) is 45.0 Å². The Labute approximate surface area is 198 Å². The Morgan fingerprint density at radius 2 is 1.73 bits per heavy atom. The lowest BCUT2D eigenvalue weighted by atomic mass is 9.89. The minimum absolute atomic E-state index is 0.00651. The van der Waals surface area contributed by atoms with Crippen LogP contribution in [0.5, 0.6) is 11.5 Å². The molecule has 2 rings (SSSR count). The molecular formula is C27H38N2O4. The Balaban J connectivity index is 2.23. The molecule has 2 N–H and O–H groups in total. The first-order valence-electron chi connectivity index (χ1n) is 11.6. The number of hydrogen-bond donors (Lipinski definition) is 2. The van der Waals surface area contributed by atoms with Gasteiger partial charge in [0.25, 0.3) is 5.91 Å². The summed E-state index contributed by atoms with van der Waals surface area (Å²) >= 11 is 0. The average molecular weight is 455 g/mol. The first-order chi connectivity index (χ1) is 15.7. The second-order valence-corrected chi connectivity index (χ2v) is 9.30. The maximum Gasteiger partial charge on any atom is 0.253 e. The van der Waals surface area contributed by atoms with Crippen molar-refractivity contribution in [1.29, 1.82) is 0 Å². The van der Waals surface area contributed by atoms with Gasteiger partial charge in [-0.2, -0.15) is 0 Å². The van der Waals surface area contributed by atoms with E-state index in [-0.39, 0.29) is 23.3 Å². The molecule has 0 saturated heterocycles. The molecule has 0 spiro atoms. The van der Waals surface area contributed by atoms with E-state index in [9.17, 15) is 9.59 Å². The molecule has 6 nitrogen and oxygen atoms in total. The molecule has 33 heavy (non-hydrogen) atoms. The van der Waals surface area contributed by atoms with Crippen molar-refractivity contribution in [2.75, 3.05) is 19.5 Å². The zero-order valence-electron chi connectivity index (χ0n) is 20.8. The van der Waals surface area contributed by atoms with Crippen molar-refractivity contribution in [3.63, 3.8) is 0 Å². The van der Waals surface area contributed by atoms with Gasteiger partial charge in [-0.3, -0.25) is 9.59 Å². The number of carbonyl (C=O) groups excluding carboxylic acids is 2. The van der Waals surface area contributed by atoms with Gasteiger partial charge in [-0.1, -0.05) is 44.4 Å². The summed E-state index contributed by atoms with van der Waals surface area (Å²) < 4.78 is 10.9. The summed E-state index contributed by atoms with van der Waals surface area (Å²) in [5, 5.41) is 5.92. The van der Waals surface area contributed by atoms with Gasteiger partial charge >= 0.3 is 0 Å². The number of nitrogens with one attached hydrogen (secondary N) is 2. The largest absolute Gasteiger partial charge is 0.497 e. The molecule has 0 aliphatic rings. The highest BCUT2D eigenvalue weighted by Crippen LogP contribution is 2.36. The number of para-hydroxylation sites is 1. The van der Waals surface area contributed by atoms with Crippen LogP contribution in [0.25, 0.3) is 0 Å². The Morgan fingerprint density at radius 1 is 1.00 bits per heavy atom. The summed E-state index contributed by atoms with van der Waals surface area (Å²) in [4.78, 5) is 25.8. The van der Waals surface area contributed by atoms with Crippen LogP contribution in [0.15, 0.2) is 42.5 Å². The topological polar surface area (TPSA) is 76.7 Å². The molecule has 2 aromatic carbocycles. The predicted octanol–water partition coefficient (Wildman–Crippen LogP) is 5.92. The molecule has 0 bridgehead atoms. The molecular weight excluding hydrogens is 416 g/mol.